The summed E-state index contributed by atoms with van der Waals surface area (Å²) in [5.74, 6) is 0.124. The van der Waals surface area contributed by atoms with E-state index in [0.717, 1.165) is 0 Å². The first-order valence-electron chi connectivity index (χ1n) is 3.40. The van der Waals surface area contributed by atoms with E-state index >= 15 is 0 Å². The number of H-pyrrole nitrogens is 1. The van der Waals surface area contributed by atoms with Gasteiger partial charge in [-0.2, -0.15) is 0 Å². The van der Waals surface area contributed by atoms with Gasteiger partial charge in [-0.3, -0.25) is 0 Å². The van der Waals surface area contributed by atoms with Crippen LogP contribution in [0.2, 0.25) is 0 Å². The molecule has 0 saturated heterocycles. The Labute approximate surface area is 76.1 Å². The van der Waals surface area contributed by atoms with E-state index in [2.05, 4.69) is 4.98 Å². The maximum absolute atomic E-state index is 10.8. The summed E-state index contributed by atoms with van der Waals surface area (Å²) in [5, 5.41) is 0. The molecule has 0 aliphatic heterocycles. The van der Waals surface area contributed by atoms with Gasteiger partial charge in [0, 0.05) is 25.2 Å². The van der Waals surface area contributed by atoms with Crippen molar-refractivity contribution in [2.45, 2.75) is 6.54 Å². The lowest BCUT2D eigenvalue weighted by Crippen LogP contribution is -2.10. The summed E-state index contributed by atoms with van der Waals surface area (Å²) in [6.07, 6.45) is 4.63. The molecule has 0 aliphatic carbocycles. The van der Waals surface area contributed by atoms with Gasteiger partial charge in [0.1, 0.15) is 9.84 Å². The Bertz CT molecular complexity index is 401. The predicted octanol–water partition coefficient (Wildman–Crippen LogP) is 0.590. The van der Waals surface area contributed by atoms with Crippen molar-refractivity contribution in [3.8, 4) is 0 Å². The molecule has 1 heterocycles. The monoisotopic (exact) mass is 206 g/mol. The average Bonchev–Trinajstić information content (AvgIpc) is 2.29. The molecular formula is C6H10N2O2S2. The first-order valence-corrected chi connectivity index (χ1v) is 5.87. The van der Waals surface area contributed by atoms with Crippen LogP contribution in [0.5, 0.6) is 0 Å². The third-order valence-electron chi connectivity index (χ3n) is 1.43. The minimum absolute atomic E-state index is 0.124. The Kier molecular flexibility index (Phi) is 2.69. The van der Waals surface area contributed by atoms with Gasteiger partial charge in [0.05, 0.1) is 5.75 Å². The van der Waals surface area contributed by atoms with Gasteiger partial charge in [-0.1, -0.05) is 0 Å². The van der Waals surface area contributed by atoms with Crippen molar-refractivity contribution in [2.24, 2.45) is 0 Å². The predicted molar refractivity (Wildman–Crippen MR) is 49.3 cm³/mol. The molecular weight excluding hydrogens is 196 g/mol. The van der Waals surface area contributed by atoms with Gasteiger partial charge in [-0.25, -0.2) is 8.42 Å². The maximum atomic E-state index is 10.8. The molecule has 0 fully saturated rings. The van der Waals surface area contributed by atoms with Crippen molar-refractivity contribution in [3.05, 3.63) is 17.2 Å². The number of nitrogens with one attached hydrogen (secondary N) is 1. The van der Waals surface area contributed by atoms with E-state index in [4.69, 9.17) is 12.2 Å². The third-order valence-corrected chi connectivity index (χ3v) is 2.70. The van der Waals surface area contributed by atoms with Crippen LogP contribution < -0.4 is 0 Å². The average molecular weight is 206 g/mol. The van der Waals surface area contributed by atoms with Crippen LogP contribution in [0.3, 0.4) is 0 Å². The van der Waals surface area contributed by atoms with Gasteiger partial charge >= 0.3 is 0 Å². The zero-order valence-corrected chi connectivity index (χ0v) is 8.28. The van der Waals surface area contributed by atoms with E-state index in [9.17, 15) is 8.42 Å². The number of rotatable bonds is 3. The highest BCUT2D eigenvalue weighted by Gasteiger charge is 2.02. The summed E-state index contributed by atoms with van der Waals surface area (Å²) in [4.78, 5) is 2.79. The summed E-state index contributed by atoms with van der Waals surface area (Å²) in [6, 6.07) is 0. The maximum Gasteiger partial charge on any atom is 0.177 e. The van der Waals surface area contributed by atoms with Crippen LogP contribution in [-0.4, -0.2) is 30.0 Å². The second-order valence-electron chi connectivity index (χ2n) is 2.59. The second kappa shape index (κ2) is 3.40. The molecule has 68 valence electrons. The van der Waals surface area contributed by atoms with Crippen molar-refractivity contribution in [1.82, 2.24) is 9.55 Å². The zero-order chi connectivity index (χ0) is 9.19. The molecule has 0 spiro atoms. The molecule has 0 saturated carbocycles. The first-order chi connectivity index (χ1) is 5.49. The molecule has 12 heavy (non-hydrogen) atoms. The van der Waals surface area contributed by atoms with Crippen molar-refractivity contribution in [3.63, 3.8) is 0 Å². The molecule has 0 atom stereocenters. The third kappa shape index (κ3) is 2.78. The van der Waals surface area contributed by atoms with Crippen LogP contribution in [0.15, 0.2) is 12.4 Å². The Hall–Kier alpha value is -0.620. The molecule has 0 amide bonds. The topological polar surface area (TPSA) is 54.9 Å². The number of hydrogen-bond donors (Lipinski definition) is 1. The lowest BCUT2D eigenvalue weighted by atomic mass is 10.7. The summed E-state index contributed by atoms with van der Waals surface area (Å²) < 4.78 is 23.8. The standard InChI is InChI=1S/C6H10N2O2S2/c1-12(9,10)5-4-8-3-2-7-6(8)11/h2-3H,4-5H2,1H3,(H,7,11). The van der Waals surface area contributed by atoms with Crippen LogP contribution in [-0.2, 0) is 16.4 Å². The largest absolute Gasteiger partial charge is 0.337 e. The van der Waals surface area contributed by atoms with Gasteiger partial charge in [0.2, 0.25) is 0 Å². The lowest BCUT2D eigenvalue weighted by Gasteiger charge is -1.99. The lowest BCUT2D eigenvalue weighted by molar-refractivity contribution is 0.594. The number of imidazole rings is 1. The van der Waals surface area contributed by atoms with Crippen LogP contribution in [0.4, 0.5) is 0 Å². The summed E-state index contributed by atoms with van der Waals surface area (Å²) >= 11 is 4.89. The van der Waals surface area contributed by atoms with Crippen LogP contribution in [0.1, 0.15) is 0 Å². The van der Waals surface area contributed by atoms with Gasteiger partial charge in [0.15, 0.2) is 4.77 Å². The summed E-state index contributed by atoms with van der Waals surface area (Å²) in [7, 11) is -2.90. The zero-order valence-electron chi connectivity index (χ0n) is 6.65. The first kappa shape index (κ1) is 9.47. The molecule has 6 heteroatoms. The quantitative estimate of drug-likeness (QED) is 0.736. The number of aromatic nitrogens is 2. The highest BCUT2D eigenvalue weighted by Crippen LogP contribution is 1.92. The van der Waals surface area contributed by atoms with E-state index in [-0.39, 0.29) is 5.75 Å². The molecule has 0 radical (unpaired) electrons. The van der Waals surface area contributed by atoms with Crippen molar-refractivity contribution in [1.29, 1.82) is 0 Å². The number of nitrogens with zero attached hydrogens (tertiary/aromatic N) is 1. The van der Waals surface area contributed by atoms with E-state index in [1.807, 2.05) is 0 Å². The fourth-order valence-corrected chi connectivity index (χ4v) is 1.54. The molecule has 0 aliphatic rings. The number of hydrogen-bond acceptors (Lipinski definition) is 3. The molecule has 0 aromatic carbocycles. The minimum Gasteiger partial charge on any atom is -0.337 e. The molecule has 1 N–H and O–H groups in total. The summed E-state index contributed by atoms with van der Waals surface area (Å²) in [5.41, 5.74) is 0. The molecule has 0 unspecified atom stereocenters. The summed E-state index contributed by atoms with van der Waals surface area (Å²) in [6.45, 7) is 0.418. The van der Waals surface area contributed by atoms with Gasteiger partial charge < -0.3 is 9.55 Å². The molecule has 4 nitrogen and oxygen atoms in total. The Morgan fingerprint density at radius 3 is 2.75 bits per heavy atom. The number of aromatic amines is 1. The SMILES string of the molecule is CS(=O)(=O)CCn1cc[nH]c1=S. The van der Waals surface area contributed by atoms with Crippen LogP contribution >= 0.6 is 12.2 Å². The molecule has 1 aromatic heterocycles. The highest BCUT2D eigenvalue weighted by molar-refractivity contribution is 7.90. The van der Waals surface area contributed by atoms with Crippen molar-refractivity contribution >= 4 is 22.1 Å². The normalized spacial score (nSPS) is 11.8. The molecule has 0 bridgehead atoms. The Morgan fingerprint density at radius 1 is 1.67 bits per heavy atom. The molecule has 1 aromatic rings. The van der Waals surface area contributed by atoms with E-state index < -0.39 is 9.84 Å². The van der Waals surface area contributed by atoms with E-state index in [1.54, 1.807) is 17.0 Å². The van der Waals surface area contributed by atoms with E-state index in [0.29, 0.717) is 11.3 Å². The number of aryl methyl sites for hydroxylation is 1. The second-order valence-corrected chi connectivity index (χ2v) is 5.23. The smallest absolute Gasteiger partial charge is 0.177 e. The van der Waals surface area contributed by atoms with Crippen molar-refractivity contribution < 1.29 is 8.42 Å². The molecule has 1 rings (SSSR count). The Balaban J connectivity index is 2.67. The fourth-order valence-electron chi connectivity index (χ4n) is 0.789. The Morgan fingerprint density at radius 2 is 2.33 bits per heavy atom. The minimum atomic E-state index is -2.90. The highest BCUT2D eigenvalue weighted by atomic mass is 32.2. The van der Waals surface area contributed by atoms with Gasteiger partial charge in [-0.15, -0.1) is 0 Å². The van der Waals surface area contributed by atoms with E-state index in [1.165, 1.54) is 6.26 Å². The van der Waals surface area contributed by atoms with Crippen molar-refractivity contribution in [2.75, 3.05) is 12.0 Å². The number of sulfone groups is 1. The van der Waals surface area contributed by atoms with Crippen LogP contribution in [0, 0.1) is 4.77 Å². The van der Waals surface area contributed by atoms with Gasteiger partial charge in [0.25, 0.3) is 0 Å². The fraction of sp³-hybridized carbons (Fsp3) is 0.500. The van der Waals surface area contributed by atoms with Crippen LogP contribution in [0.25, 0.3) is 0 Å². The van der Waals surface area contributed by atoms with Gasteiger partial charge in [-0.05, 0) is 12.2 Å².